The Morgan fingerprint density at radius 3 is 0.908 bits per heavy atom. The summed E-state index contributed by atoms with van der Waals surface area (Å²) in [4.78, 5) is 38.2. The Morgan fingerprint density at radius 1 is 0.289 bits per heavy atom. The van der Waals surface area contributed by atoms with Crippen molar-refractivity contribution in [3.8, 4) is 0 Å². The van der Waals surface area contributed by atoms with Gasteiger partial charge in [0.15, 0.2) is 6.10 Å². The Kier molecular flexibility index (Phi) is 61.2. The normalized spacial score (nSPS) is 12.6. The summed E-state index contributed by atoms with van der Waals surface area (Å²) in [5.74, 6) is -1.03. The van der Waals surface area contributed by atoms with Crippen molar-refractivity contribution >= 4 is 17.9 Å². The molecule has 0 aliphatic carbocycles. The van der Waals surface area contributed by atoms with Crippen molar-refractivity contribution in [3.63, 3.8) is 0 Å². The van der Waals surface area contributed by atoms with Crippen molar-refractivity contribution in [2.75, 3.05) is 13.2 Å². The minimum Gasteiger partial charge on any atom is -0.462 e. The fraction of sp³-hybridized carbons (Fsp3) is 0.757. The van der Waals surface area contributed by atoms with Gasteiger partial charge in [-0.2, -0.15) is 0 Å². The molecule has 0 rings (SSSR count). The third-order valence-electron chi connectivity index (χ3n) is 14.1. The average Bonchev–Trinajstić information content (AvgIpc) is 3.42. The molecule has 0 N–H and O–H groups in total. The molecule has 0 saturated heterocycles. The van der Waals surface area contributed by atoms with E-state index >= 15 is 0 Å². The topological polar surface area (TPSA) is 78.9 Å². The van der Waals surface area contributed by atoms with Gasteiger partial charge in [-0.1, -0.05) is 292 Å². The van der Waals surface area contributed by atoms with E-state index in [0.717, 1.165) is 70.6 Å². The van der Waals surface area contributed by atoms with E-state index in [1.807, 2.05) is 6.08 Å². The van der Waals surface area contributed by atoms with E-state index in [9.17, 15) is 14.4 Å². The van der Waals surface area contributed by atoms with Gasteiger partial charge in [-0.05, 0) is 96.3 Å². The summed E-state index contributed by atoms with van der Waals surface area (Å²) in [7, 11) is 0. The van der Waals surface area contributed by atoms with Gasteiger partial charge in [-0.15, -0.1) is 0 Å². The minimum atomic E-state index is -0.820. The van der Waals surface area contributed by atoms with E-state index in [2.05, 4.69) is 93.7 Å². The molecule has 438 valence electrons. The molecule has 0 saturated carbocycles. The van der Waals surface area contributed by atoms with Crippen LogP contribution in [0.1, 0.15) is 323 Å². The summed E-state index contributed by atoms with van der Waals surface area (Å²) in [6, 6.07) is 0. The zero-order chi connectivity index (χ0) is 55.0. The molecular formula is C70H122O6. The first kappa shape index (κ1) is 72.6. The Labute approximate surface area is 471 Å². The summed E-state index contributed by atoms with van der Waals surface area (Å²) in [5.41, 5.74) is 0. The van der Waals surface area contributed by atoms with Crippen LogP contribution < -0.4 is 0 Å². The molecule has 0 aliphatic rings. The van der Waals surface area contributed by atoms with Crippen LogP contribution in [0.4, 0.5) is 0 Å². The molecule has 0 heterocycles. The number of carbonyl (C=O) groups is 3. The number of allylic oxidation sites excluding steroid dienone is 13. The van der Waals surface area contributed by atoms with Gasteiger partial charge < -0.3 is 14.2 Å². The van der Waals surface area contributed by atoms with Crippen LogP contribution >= 0.6 is 0 Å². The van der Waals surface area contributed by atoms with Crippen molar-refractivity contribution in [2.45, 2.75) is 329 Å². The maximum Gasteiger partial charge on any atom is 0.309 e. The SMILES string of the molecule is CC/C=C\C/C=C\C/C=C\C/C=C\C/C=C\CC(=O)OCC(COC(=O)CCCCCCCCCCCCCCC/C=C\CCCCCCCCCC)OC(=O)CCCCCCCCC/C=C\CCCCCCCCC. The minimum absolute atomic E-state index is 0.107. The molecule has 1 unspecified atom stereocenters. The van der Waals surface area contributed by atoms with Crippen LogP contribution in [0.15, 0.2) is 85.1 Å². The van der Waals surface area contributed by atoms with Crippen molar-refractivity contribution in [1.29, 1.82) is 0 Å². The van der Waals surface area contributed by atoms with Crippen LogP contribution in [0, 0.1) is 0 Å². The summed E-state index contributed by atoms with van der Waals surface area (Å²) >= 11 is 0. The van der Waals surface area contributed by atoms with Gasteiger partial charge in [0.2, 0.25) is 0 Å². The van der Waals surface area contributed by atoms with E-state index in [-0.39, 0.29) is 31.6 Å². The lowest BCUT2D eigenvalue weighted by molar-refractivity contribution is -0.166. The number of ether oxygens (including phenoxy) is 3. The molecule has 0 spiro atoms. The van der Waals surface area contributed by atoms with Gasteiger partial charge in [-0.3, -0.25) is 14.4 Å². The smallest absolute Gasteiger partial charge is 0.309 e. The van der Waals surface area contributed by atoms with Gasteiger partial charge in [0.25, 0.3) is 0 Å². The molecule has 0 radical (unpaired) electrons. The van der Waals surface area contributed by atoms with Crippen LogP contribution in [-0.4, -0.2) is 37.2 Å². The monoisotopic (exact) mass is 1060 g/mol. The first-order valence-corrected chi connectivity index (χ1v) is 32.6. The highest BCUT2D eigenvalue weighted by Crippen LogP contribution is 2.16. The zero-order valence-electron chi connectivity index (χ0n) is 50.3. The maximum absolute atomic E-state index is 12.9. The largest absolute Gasteiger partial charge is 0.462 e. The molecule has 0 bridgehead atoms. The van der Waals surface area contributed by atoms with Crippen LogP contribution in [-0.2, 0) is 28.6 Å². The lowest BCUT2D eigenvalue weighted by Gasteiger charge is -2.18. The molecule has 0 aromatic rings. The molecular weight excluding hydrogens is 937 g/mol. The second-order valence-electron chi connectivity index (χ2n) is 21.7. The number of hydrogen-bond acceptors (Lipinski definition) is 6. The third kappa shape index (κ3) is 61.4. The fourth-order valence-electron chi connectivity index (χ4n) is 9.27. The number of esters is 3. The molecule has 0 aliphatic heterocycles. The molecule has 6 nitrogen and oxygen atoms in total. The molecule has 0 fully saturated rings. The molecule has 6 heteroatoms. The Bertz CT molecular complexity index is 1450. The highest BCUT2D eigenvalue weighted by atomic mass is 16.6. The van der Waals surface area contributed by atoms with E-state index in [0.29, 0.717) is 12.8 Å². The quantitative estimate of drug-likeness (QED) is 0.0261. The summed E-state index contributed by atoms with van der Waals surface area (Å²) in [6.07, 6.45) is 84.8. The van der Waals surface area contributed by atoms with Gasteiger partial charge in [0.05, 0.1) is 6.42 Å². The maximum atomic E-state index is 12.9. The Hall–Kier alpha value is -3.41. The first-order valence-electron chi connectivity index (χ1n) is 32.6. The predicted molar refractivity (Wildman–Crippen MR) is 330 cm³/mol. The van der Waals surface area contributed by atoms with Gasteiger partial charge in [0, 0.05) is 12.8 Å². The van der Waals surface area contributed by atoms with Gasteiger partial charge in [0.1, 0.15) is 13.2 Å². The highest BCUT2D eigenvalue weighted by molar-refractivity contribution is 5.72. The second-order valence-corrected chi connectivity index (χ2v) is 21.7. The molecule has 76 heavy (non-hydrogen) atoms. The number of unbranched alkanes of at least 4 members (excludes halogenated alkanes) is 35. The van der Waals surface area contributed by atoms with Gasteiger partial charge >= 0.3 is 17.9 Å². The lowest BCUT2D eigenvalue weighted by Crippen LogP contribution is -2.30. The van der Waals surface area contributed by atoms with Crippen molar-refractivity contribution in [1.82, 2.24) is 0 Å². The molecule has 0 aromatic carbocycles. The van der Waals surface area contributed by atoms with E-state index in [4.69, 9.17) is 14.2 Å². The molecule has 0 aromatic heterocycles. The predicted octanol–water partition coefficient (Wildman–Crippen LogP) is 22.3. The highest BCUT2D eigenvalue weighted by Gasteiger charge is 2.19. The lowest BCUT2D eigenvalue weighted by atomic mass is 10.0. The Morgan fingerprint density at radius 2 is 0.566 bits per heavy atom. The summed E-state index contributed by atoms with van der Waals surface area (Å²) in [5, 5.41) is 0. The van der Waals surface area contributed by atoms with E-state index in [1.54, 1.807) is 6.08 Å². The number of carbonyl (C=O) groups excluding carboxylic acids is 3. The van der Waals surface area contributed by atoms with Crippen LogP contribution in [0.3, 0.4) is 0 Å². The average molecular weight is 1060 g/mol. The number of rotatable bonds is 59. The fourth-order valence-corrected chi connectivity index (χ4v) is 9.27. The standard InChI is InChI=1S/C70H122O6/c1-4-7-10-13-16-19-22-25-28-30-32-33-34-35-36-37-38-40-42-45-48-51-54-57-60-63-69(72)75-66-67(65-74-68(71)62-59-56-53-50-47-44-41-27-24-21-18-15-12-9-6-3)76-70(73)64-61-58-55-52-49-46-43-39-31-29-26-23-20-17-14-11-8-5-2/h9,12,18,21,27,29-32,41,47,50,56,59,67H,4-8,10-11,13-17,19-20,22-26,28,33-40,42-46,48-49,51-55,57-58,60-66H2,1-3H3/b12-9-,21-18-,31-29-,32-30-,41-27-,50-47-,59-56-. The third-order valence-corrected chi connectivity index (χ3v) is 14.1. The molecule has 1 atom stereocenters. The van der Waals surface area contributed by atoms with Crippen LogP contribution in [0.2, 0.25) is 0 Å². The van der Waals surface area contributed by atoms with E-state index < -0.39 is 12.1 Å². The van der Waals surface area contributed by atoms with Crippen molar-refractivity contribution in [2.24, 2.45) is 0 Å². The van der Waals surface area contributed by atoms with Crippen molar-refractivity contribution in [3.05, 3.63) is 85.1 Å². The van der Waals surface area contributed by atoms with Gasteiger partial charge in [-0.25, -0.2) is 0 Å². The van der Waals surface area contributed by atoms with Crippen molar-refractivity contribution < 1.29 is 28.6 Å². The van der Waals surface area contributed by atoms with Crippen LogP contribution in [0.25, 0.3) is 0 Å². The second kappa shape index (κ2) is 64.1. The zero-order valence-corrected chi connectivity index (χ0v) is 50.3. The van der Waals surface area contributed by atoms with Crippen LogP contribution in [0.5, 0.6) is 0 Å². The summed E-state index contributed by atoms with van der Waals surface area (Å²) in [6.45, 7) is 6.47. The van der Waals surface area contributed by atoms with E-state index in [1.165, 1.54) is 212 Å². The Balaban J connectivity index is 4.37. The summed E-state index contributed by atoms with van der Waals surface area (Å²) < 4.78 is 16.8. The number of hydrogen-bond donors (Lipinski definition) is 0. The first-order chi connectivity index (χ1) is 37.5. The molecule has 0 amide bonds.